The highest BCUT2D eigenvalue weighted by atomic mass is 16.5. The molecular formula is C17H25NO2. The molecule has 0 aromatic heterocycles. The zero-order valence-electron chi connectivity index (χ0n) is 12.7. The summed E-state index contributed by atoms with van der Waals surface area (Å²) in [5.41, 5.74) is 2.06. The Kier molecular flexibility index (Phi) is 3.74. The third-order valence-electron chi connectivity index (χ3n) is 4.69. The first kappa shape index (κ1) is 13.9. The van der Waals surface area contributed by atoms with Crippen molar-refractivity contribution in [2.24, 2.45) is 11.8 Å². The van der Waals surface area contributed by atoms with Crippen LogP contribution in [-0.2, 0) is 0 Å². The van der Waals surface area contributed by atoms with Crippen LogP contribution in [0.4, 0.5) is 0 Å². The van der Waals surface area contributed by atoms with Crippen molar-refractivity contribution in [1.82, 2.24) is 4.90 Å². The zero-order valence-corrected chi connectivity index (χ0v) is 12.7. The number of benzene rings is 1. The quantitative estimate of drug-likeness (QED) is 0.855. The predicted molar refractivity (Wildman–Crippen MR) is 79.9 cm³/mol. The standard InChI is InChI=1S/C17H25NO2/c1-11-7-12(2)9-18(8-11)15-10-20-17-13(3)5-4-6-14(17)16(15)19/h4-6,11-12,15-16,19H,7-10H2,1-3H3. The summed E-state index contributed by atoms with van der Waals surface area (Å²) in [7, 11) is 0. The maximum Gasteiger partial charge on any atom is 0.128 e. The second-order valence-corrected chi connectivity index (χ2v) is 6.72. The van der Waals surface area contributed by atoms with E-state index in [0.29, 0.717) is 18.4 Å². The van der Waals surface area contributed by atoms with Crippen molar-refractivity contribution in [3.05, 3.63) is 29.3 Å². The molecule has 110 valence electrons. The second kappa shape index (κ2) is 5.38. The number of nitrogens with zero attached hydrogens (tertiary/aromatic N) is 1. The molecule has 1 saturated heterocycles. The summed E-state index contributed by atoms with van der Waals surface area (Å²) in [5, 5.41) is 10.7. The van der Waals surface area contributed by atoms with E-state index in [9.17, 15) is 5.11 Å². The number of rotatable bonds is 1. The molecule has 3 nitrogen and oxygen atoms in total. The zero-order chi connectivity index (χ0) is 14.3. The average Bonchev–Trinajstić information content (AvgIpc) is 2.39. The normalized spacial score (nSPS) is 34.4. The number of aliphatic hydroxyl groups is 1. The molecule has 0 bridgehead atoms. The van der Waals surface area contributed by atoms with E-state index in [0.717, 1.165) is 30.0 Å². The number of ether oxygens (including phenoxy) is 1. The highest BCUT2D eigenvalue weighted by molar-refractivity contribution is 5.44. The van der Waals surface area contributed by atoms with Gasteiger partial charge in [-0.2, -0.15) is 0 Å². The maximum atomic E-state index is 10.7. The highest BCUT2D eigenvalue weighted by Gasteiger charge is 2.37. The summed E-state index contributed by atoms with van der Waals surface area (Å²) in [4.78, 5) is 2.43. The van der Waals surface area contributed by atoms with E-state index in [4.69, 9.17) is 4.74 Å². The Morgan fingerprint density at radius 2 is 1.90 bits per heavy atom. The van der Waals surface area contributed by atoms with Crippen LogP contribution in [0.3, 0.4) is 0 Å². The number of aryl methyl sites for hydroxylation is 1. The Labute approximate surface area is 121 Å². The van der Waals surface area contributed by atoms with E-state index >= 15 is 0 Å². The lowest BCUT2D eigenvalue weighted by atomic mass is 9.88. The Morgan fingerprint density at radius 3 is 2.60 bits per heavy atom. The van der Waals surface area contributed by atoms with E-state index < -0.39 is 6.10 Å². The van der Waals surface area contributed by atoms with E-state index in [1.54, 1.807) is 0 Å². The van der Waals surface area contributed by atoms with Crippen molar-refractivity contribution in [2.45, 2.75) is 39.3 Å². The van der Waals surface area contributed by atoms with Gasteiger partial charge in [0.25, 0.3) is 0 Å². The molecule has 0 amide bonds. The number of likely N-dealkylation sites (tertiary alicyclic amines) is 1. The lowest BCUT2D eigenvalue weighted by Gasteiger charge is -2.43. The molecule has 3 heteroatoms. The largest absolute Gasteiger partial charge is 0.491 e. The van der Waals surface area contributed by atoms with Gasteiger partial charge >= 0.3 is 0 Å². The lowest BCUT2D eigenvalue weighted by molar-refractivity contribution is -0.0229. The van der Waals surface area contributed by atoms with Crippen LogP contribution in [0.1, 0.15) is 37.5 Å². The van der Waals surface area contributed by atoms with Crippen LogP contribution < -0.4 is 4.74 Å². The molecule has 0 spiro atoms. The minimum atomic E-state index is -0.434. The molecule has 3 rings (SSSR count). The van der Waals surface area contributed by atoms with E-state index in [1.165, 1.54) is 6.42 Å². The molecule has 0 aliphatic carbocycles. The molecule has 4 unspecified atom stereocenters. The van der Waals surface area contributed by atoms with Gasteiger partial charge in [0.2, 0.25) is 0 Å². The lowest BCUT2D eigenvalue weighted by Crippen LogP contribution is -2.51. The molecule has 1 fully saturated rings. The fraction of sp³-hybridized carbons (Fsp3) is 0.647. The summed E-state index contributed by atoms with van der Waals surface area (Å²) in [5.74, 6) is 2.28. The smallest absolute Gasteiger partial charge is 0.128 e. The number of para-hydroxylation sites is 1. The topological polar surface area (TPSA) is 32.7 Å². The molecule has 20 heavy (non-hydrogen) atoms. The molecule has 0 saturated carbocycles. The van der Waals surface area contributed by atoms with Crippen LogP contribution in [0, 0.1) is 18.8 Å². The maximum absolute atomic E-state index is 10.7. The monoisotopic (exact) mass is 275 g/mol. The van der Waals surface area contributed by atoms with Gasteiger partial charge in [-0.05, 0) is 30.7 Å². The van der Waals surface area contributed by atoms with Gasteiger partial charge in [0, 0.05) is 18.7 Å². The number of fused-ring (bicyclic) bond motifs is 1. The number of hydrogen-bond acceptors (Lipinski definition) is 3. The molecule has 2 aliphatic rings. The van der Waals surface area contributed by atoms with Crippen molar-refractivity contribution >= 4 is 0 Å². The molecule has 1 N–H and O–H groups in total. The van der Waals surface area contributed by atoms with Crippen LogP contribution in [0.5, 0.6) is 5.75 Å². The third-order valence-corrected chi connectivity index (χ3v) is 4.69. The van der Waals surface area contributed by atoms with Crippen LogP contribution >= 0.6 is 0 Å². The van der Waals surface area contributed by atoms with E-state index in [2.05, 4.69) is 18.7 Å². The minimum Gasteiger partial charge on any atom is -0.491 e. The van der Waals surface area contributed by atoms with Gasteiger partial charge in [0.05, 0.1) is 6.04 Å². The minimum absolute atomic E-state index is 0.0921. The van der Waals surface area contributed by atoms with Gasteiger partial charge in [0.15, 0.2) is 0 Å². The van der Waals surface area contributed by atoms with Crippen LogP contribution in [-0.4, -0.2) is 35.7 Å². The summed E-state index contributed by atoms with van der Waals surface area (Å²) in [6, 6.07) is 6.13. The summed E-state index contributed by atoms with van der Waals surface area (Å²) < 4.78 is 5.96. The highest BCUT2D eigenvalue weighted by Crippen LogP contribution is 2.37. The molecule has 2 aliphatic heterocycles. The van der Waals surface area contributed by atoms with E-state index in [1.807, 2.05) is 25.1 Å². The van der Waals surface area contributed by atoms with Gasteiger partial charge in [-0.3, -0.25) is 4.90 Å². The van der Waals surface area contributed by atoms with Gasteiger partial charge in [-0.25, -0.2) is 0 Å². The summed E-state index contributed by atoms with van der Waals surface area (Å²) >= 11 is 0. The number of aliphatic hydroxyl groups excluding tert-OH is 1. The molecular weight excluding hydrogens is 250 g/mol. The average molecular weight is 275 g/mol. The third kappa shape index (κ3) is 2.45. The predicted octanol–water partition coefficient (Wildman–Crippen LogP) is 2.77. The van der Waals surface area contributed by atoms with Crippen molar-refractivity contribution in [2.75, 3.05) is 19.7 Å². The van der Waals surface area contributed by atoms with Gasteiger partial charge < -0.3 is 9.84 Å². The number of hydrogen-bond donors (Lipinski definition) is 1. The van der Waals surface area contributed by atoms with E-state index in [-0.39, 0.29) is 6.04 Å². The fourth-order valence-electron chi connectivity index (χ4n) is 3.86. The molecule has 2 heterocycles. The molecule has 4 atom stereocenters. The van der Waals surface area contributed by atoms with Crippen molar-refractivity contribution in [1.29, 1.82) is 0 Å². The Bertz CT molecular complexity index is 478. The second-order valence-electron chi connectivity index (χ2n) is 6.72. The van der Waals surface area contributed by atoms with Crippen molar-refractivity contribution < 1.29 is 9.84 Å². The molecule has 0 radical (unpaired) electrons. The first-order chi connectivity index (χ1) is 9.56. The first-order valence-electron chi connectivity index (χ1n) is 7.70. The van der Waals surface area contributed by atoms with Gasteiger partial charge in [-0.1, -0.05) is 32.0 Å². The summed E-state index contributed by atoms with van der Waals surface area (Å²) in [6.45, 7) is 9.37. The van der Waals surface area contributed by atoms with Crippen LogP contribution in [0.2, 0.25) is 0 Å². The Hall–Kier alpha value is -1.06. The summed E-state index contributed by atoms with van der Waals surface area (Å²) in [6.07, 6.45) is 0.853. The van der Waals surface area contributed by atoms with Crippen LogP contribution in [0.25, 0.3) is 0 Å². The number of piperidine rings is 1. The van der Waals surface area contributed by atoms with Gasteiger partial charge in [-0.15, -0.1) is 0 Å². The fourth-order valence-corrected chi connectivity index (χ4v) is 3.86. The van der Waals surface area contributed by atoms with Crippen molar-refractivity contribution in [3.63, 3.8) is 0 Å². The van der Waals surface area contributed by atoms with Gasteiger partial charge in [0.1, 0.15) is 18.5 Å². The van der Waals surface area contributed by atoms with Crippen molar-refractivity contribution in [3.8, 4) is 5.75 Å². The SMILES string of the molecule is Cc1cccc2c1OCC(N1CC(C)CC(C)C1)C2O. The Balaban J connectivity index is 1.83. The molecule has 1 aromatic carbocycles. The Morgan fingerprint density at radius 1 is 1.20 bits per heavy atom. The molecule has 1 aromatic rings. The first-order valence-corrected chi connectivity index (χ1v) is 7.70. The van der Waals surface area contributed by atoms with Crippen LogP contribution in [0.15, 0.2) is 18.2 Å².